The lowest BCUT2D eigenvalue weighted by atomic mass is 10.0. The van der Waals surface area contributed by atoms with Crippen molar-refractivity contribution < 1.29 is 31.1 Å². The van der Waals surface area contributed by atoms with E-state index in [1.54, 1.807) is 24.3 Å². The van der Waals surface area contributed by atoms with E-state index in [-0.39, 0.29) is 17.9 Å². The van der Waals surface area contributed by atoms with Gasteiger partial charge in [0.2, 0.25) is 5.91 Å². The minimum atomic E-state index is -4.50. The van der Waals surface area contributed by atoms with Crippen molar-refractivity contribution in [3.63, 3.8) is 0 Å². The van der Waals surface area contributed by atoms with Crippen LogP contribution in [0, 0.1) is 0 Å². The Morgan fingerprint density at radius 1 is 0.933 bits per heavy atom. The molecular formula is C34H34F3N3O4S. The monoisotopic (exact) mass is 637 g/mol. The number of carbonyl (C=O) groups is 1. The van der Waals surface area contributed by atoms with Crippen LogP contribution in [0.2, 0.25) is 0 Å². The number of fused-ring (bicyclic) bond motifs is 1. The molecule has 4 aromatic rings. The third-order valence-corrected chi connectivity index (χ3v) is 9.43. The van der Waals surface area contributed by atoms with Gasteiger partial charge in [0.1, 0.15) is 11.8 Å². The van der Waals surface area contributed by atoms with Crippen molar-refractivity contribution >= 4 is 21.6 Å². The Balaban J connectivity index is 1.36. The zero-order valence-corrected chi connectivity index (χ0v) is 25.7. The minimum absolute atomic E-state index is 0.0794. The zero-order valence-electron chi connectivity index (χ0n) is 24.9. The van der Waals surface area contributed by atoms with Crippen molar-refractivity contribution in [1.82, 2.24) is 10.2 Å². The van der Waals surface area contributed by atoms with Gasteiger partial charge in [-0.05, 0) is 73.6 Å². The summed E-state index contributed by atoms with van der Waals surface area (Å²) in [6, 6.07) is 23.8. The van der Waals surface area contributed by atoms with Crippen LogP contribution in [0.3, 0.4) is 0 Å². The van der Waals surface area contributed by atoms with E-state index in [1.165, 1.54) is 36.4 Å². The normalized spacial score (nSPS) is 14.8. The van der Waals surface area contributed by atoms with E-state index in [9.17, 15) is 26.4 Å². The number of alkyl halides is 3. The highest BCUT2D eigenvalue weighted by Gasteiger charge is 2.42. The molecule has 0 saturated carbocycles. The number of nitrogens with one attached hydrogen (secondary N) is 1. The predicted molar refractivity (Wildman–Crippen MR) is 167 cm³/mol. The molecule has 45 heavy (non-hydrogen) atoms. The Morgan fingerprint density at radius 3 is 2.38 bits per heavy atom. The van der Waals surface area contributed by atoms with Crippen LogP contribution < -0.4 is 14.4 Å². The summed E-state index contributed by atoms with van der Waals surface area (Å²) in [7, 11) is -0.246. The second kappa shape index (κ2) is 13.3. The predicted octanol–water partition coefficient (Wildman–Crippen LogP) is 6.14. The maximum Gasteiger partial charge on any atom is 0.416 e. The Kier molecular flexibility index (Phi) is 9.50. The lowest BCUT2D eigenvalue weighted by Gasteiger charge is -2.26. The molecule has 1 aliphatic heterocycles. The van der Waals surface area contributed by atoms with Crippen LogP contribution in [0.4, 0.5) is 18.9 Å². The van der Waals surface area contributed by atoms with E-state index in [2.05, 4.69) is 10.2 Å². The first-order chi connectivity index (χ1) is 21.4. The van der Waals surface area contributed by atoms with Gasteiger partial charge in [-0.3, -0.25) is 9.10 Å². The van der Waals surface area contributed by atoms with Crippen LogP contribution in [0.5, 0.6) is 5.75 Å². The molecule has 1 heterocycles. The van der Waals surface area contributed by atoms with Gasteiger partial charge >= 0.3 is 6.18 Å². The number of ether oxygens (including phenoxy) is 1. The molecule has 1 amide bonds. The molecule has 0 unspecified atom stereocenters. The lowest BCUT2D eigenvalue weighted by molar-refractivity contribution is -0.137. The highest BCUT2D eigenvalue weighted by atomic mass is 32.2. The third kappa shape index (κ3) is 7.32. The summed E-state index contributed by atoms with van der Waals surface area (Å²) in [6.07, 6.45) is -3.48. The molecule has 0 spiro atoms. The number of sulfonamides is 1. The minimum Gasteiger partial charge on any atom is -0.493 e. The highest BCUT2D eigenvalue weighted by Crippen LogP contribution is 2.38. The van der Waals surface area contributed by atoms with Crippen molar-refractivity contribution in [1.29, 1.82) is 0 Å². The van der Waals surface area contributed by atoms with Crippen molar-refractivity contribution in [2.75, 3.05) is 31.6 Å². The molecule has 0 aromatic heterocycles. The molecule has 4 aromatic carbocycles. The number of anilines is 1. The fourth-order valence-corrected chi connectivity index (χ4v) is 6.96. The van der Waals surface area contributed by atoms with Crippen LogP contribution in [0.25, 0.3) is 11.1 Å². The van der Waals surface area contributed by atoms with Gasteiger partial charge in [-0.1, -0.05) is 60.7 Å². The first-order valence-electron chi connectivity index (χ1n) is 14.5. The average molecular weight is 638 g/mol. The molecule has 11 heteroatoms. The van der Waals surface area contributed by atoms with E-state index in [0.29, 0.717) is 34.7 Å². The van der Waals surface area contributed by atoms with Gasteiger partial charge in [0.15, 0.2) is 0 Å². The summed E-state index contributed by atoms with van der Waals surface area (Å²) in [5.74, 6) is 0.189. The number of halogens is 3. The van der Waals surface area contributed by atoms with Gasteiger partial charge in [0.05, 0.1) is 22.8 Å². The quantitative estimate of drug-likeness (QED) is 0.200. The number of hydrogen-bond donors (Lipinski definition) is 1. The van der Waals surface area contributed by atoms with Gasteiger partial charge in [-0.2, -0.15) is 13.2 Å². The summed E-state index contributed by atoms with van der Waals surface area (Å²) in [5.41, 5.74) is 1.83. The van der Waals surface area contributed by atoms with Crippen LogP contribution in [0.15, 0.2) is 102 Å². The summed E-state index contributed by atoms with van der Waals surface area (Å²) in [4.78, 5) is 15.6. The standard InChI is InChI=1S/C34H34F3N3O4S/c1-39(2)19-8-20-44-32-14-6-4-10-27(32)23-38-33(41)31-22-26-9-3-5-13-30(26)40(31)45(42,43)29-17-15-24(16-18-29)25-11-7-12-28(21-25)34(35,36)37/h3-7,9-18,21,31H,8,19-20,22-23H2,1-2H3,(H,38,41)/t31-/m0/s1. The number of amides is 1. The molecule has 0 bridgehead atoms. The Morgan fingerprint density at radius 2 is 1.64 bits per heavy atom. The molecule has 0 fully saturated rings. The number of para-hydroxylation sites is 2. The van der Waals surface area contributed by atoms with Crippen molar-refractivity contribution in [3.05, 3.63) is 114 Å². The molecule has 5 rings (SSSR count). The highest BCUT2D eigenvalue weighted by molar-refractivity contribution is 7.93. The van der Waals surface area contributed by atoms with E-state index in [4.69, 9.17) is 4.74 Å². The largest absolute Gasteiger partial charge is 0.493 e. The molecule has 0 saturated heterocycles. The maximum absolute atomic E-state index is 14.0. The molecule has 0 aliphatic carbocycles. The Labute approximate surface area is 261 Å². The third-order valence-electron chi connectivity index (χ3n) is 7.60. The molecule has 1 N–H and O–H groups in total. The zero-order chi connectivity index (χ0) is 32.2. The van der Waals surface area contributed by atoms with Crippen LogP contribution in [0.1, 0.15) is 23.1 Å². The topological polar surface area (TPSA) is 79.0 Å². The number of nitrogens with zero attached hydrogens (tertiary/aromatic N) is 2. The van der Waals surface area contributed by atoms with Crippen molar-refractivity contribution in [2.24, 2.45) is 0 Å². The second-order valence-electron chi connectivity index (χ2n) is 11.1. The number of hydrogen-bond acceptors (Lipinski definition) is 5. The van der Waals surface area contributed by atoms with Gasteiger partial charge in [-0.15, -0.1) is 0 Å². The van der Waals surface area contributed by atoms with E-state index >= 15 is 0 Å². The molecule has 1 atom stereocenters. The number of carbonyl (C=O) groups excluding carboxylic acids is 1. The number of benzene rings is 4. The fourth-order valence-electron chi connectivity index (χ4n) is 5.32. The fraction of sp³-hybridized carbons (Fsp3) is 0.265. The SMILES string of the molecule is CN(C)CCCOc1ccccc1CNC(=O)[C@@H]1Cc2ccccc2N1S(=O)(=O)c1ccc(-c2cccc(C(F)(F)F)c2)cc1. The molecule has 7 nitrogen and oxygen atoms in total. The lowest BCUT2D eigenvalue weighted by Crippen LogP contribution is -2.47. The first kappa shape index (κ1) is 32.1. The Hall–Kier alpha value is -4.35. The van der Waals surface area contributed by atoms with Gasteiger partial charge in [0.25, 0.3) is 10.0 Å². The summed E-state index contributed by atoms with van der Waals surface area (Å²) >= 11 is 0. The van der Waals surface area contributed by atoms with Crippen LogP contribution in [-0.4, -0.2) is 52.5 Å². The van der Waals surface area contributed by atoms with Crippen LogP contribution in [-0.2, 0) is 34.0 Å². The van der Waals surface area contributed by atoms with Gasteiger partial charge in [0, 0.05) is 25.1 Å². The Bertz CT molecular complexity index is 1760. The van der Waals surface area contributed by atoms with E-state index < -0.39 is 33.7 Å². The summed E-state index contributed by atoms with van der Waals surface area (Å²) in [5, 5.41) is 2.90. The van der Waals surface area contributed by atoms with Gasteiger partial charge in [-0.25, -0.2) is 8.42 Å². The van der Waals surface area contributed by atoms with E-state index in [1.807, 2.05) is 38.4 Å². The van der Waals surface area contributed by atoms with Gasteiger partial charge < -0.3 is 15.0 Å². The first-order valence-corrected chi connectivity index (χ1v) is 15.9. The molecular weight excluding hydrogens is 603 g/mol. The van der Waals surface area contributed by atoms with Crippen molar-refractivity contribution in [2.45, 2.75) is 36.5 Å². The van der Waals surface area contributed by atoms with Crippen molar-refractivity contribution in [3.8, 4) is 16.9 Å². The maximum atomic E-state index is 14.0. The summed E-state index contributed by atoms with van der Waals surface area (Å²) in [6.45, 7) is 1.54. The average Bonchev–Trinajstić information content (AvgIpc) is 3.43. The summed E-state index contributed by atoms with van der Waals surface area (Å²) < 4.78 is 74.9. The van der Waals surface area contributed by atoms with E-state index in [0.717, 1.165) is 35.0 Å². The smallest absolute Gasteiger partial charge is 0.416 e. The second-order valence-corrected chi connectivity index (χ2v) is 12.9. The molecule has 0 radical (unpaired) electrons. The number of rotatable bonds is 11. The molecule has 1 aliphatic rings. The van der Waals surface area contributed by atoms with Crippen LogP contribution >= 0.6 is 0 Å². The molecule has 236 valence electrons.